The molecule has 12 heavy (non-hydrogen) atoms. The third-order valence-electron chi connectivity index (χ3n) is 2.63. The molecule has 3 heteroatoms. The third kappa shape index (κ3) is 1.37. The maximum atomic E-state index is 4.20. The van der Waals surface area contributed by atoms with E-state index < -0.39 is 0 Å². The van der Waals surface area contributed by atoms with Crippen LogP contribution in [0.15, 0.2) is 18.5 Å². The Morgan fingerprint density at radius 3 is 3.00 bits per heavy atom. The van der Waals surface area contributed by atoms with E-state index in [-0.39, 0.29) is 0 Å². The zero-order valence-corrected chi connectivity index (χ0v) is 7.48. The molecule has 1 aromatic heterocycles. The van der Waals surface area contributed by atoms with Crippen molar-refractivity contribution >= 4 is 0 Å². The van der Waals surface area contributed by atoms with Crippen LogP contribution in [-0.4, -0.2) is 33.8 Å². The maximum absolute atomic E-state index is 4.20. The molecule has 0 aliphatic carbocycles. The lowest BCUT2D eigenvalue weighted by Crippen LogP contribution is -2.49. The molecule has 0 saturated carbocycles. The van der Waals surface area contributed by atoms with Crippen LogP contribution in [0.25, 0.3) is 0 Å². The summed E-state index contributed by atoms with van der Waals surface area (Å²) in [6, 6.07) is 2.71. The van der Waals surface area contributed by atoms with Crippen LogP contribution in [0.2, 0.25) is 0 Å². The van der Waals surface area contributed by atoms with Crippen molar-refractivity contribution < 1.29 is 0 Å². The minimum atomic E-state index is 0.731. The first kappa shape index (κ1) is 7.80. The van der Waals surface area contributed by atoms with Crippen LogP contribution in [0.1, 0.15) is 13.3 Å². The highest BCUT2D eigenvalue weighted by Gasteiger charge is 2.26. The zero-order chi connectivity index (χ0) is 8.39. The number of rotatable bonds is 3. The highest BCUT2D eigenvalue weighted by molar-refractivity contribution is 4.85. The van der Waals surface area contributed by atoms with Crippen molar-refractivity contribution in [3.05, 3.63) is 18.5 Å². The molecule has 0 N–H and O–H groups in total. The minimum Gasteiger partial charge on any atom is -0.299 e. The second kappa shape index (κ2) is 3.27. The van der Waals surface area contributed by atoms with E-state index in [1.54, 1.807) is 0 Å². The molecule has 0 amide bonds. The summed E-state index contributed by atoms with van der Waals surface area (Å²) in [5.41, 5.74) is 0. The minimum absolute atomic E-state index is 0.731. The number of aromatic nitrogens is 2. The van der Waals surface area contributed by atoms with Gasteiger partial charge in [0, 0.05) is 25.0 Å². The van der Waals surface area contributed by atoms with E-state index in [1.165, 1.54) is 19.5 Å². The topological polar surface area (TPSA) is 21.1 Å². The summed E-state index contributed by atoms with van der Waals surface area (Å²) in [4.78, 5) is 2.49. The summed E-state index contributed by atoms with van der Waals surface area (Å²) in [5.74, 6) is 0. The van der Waals surface area contributed by atoms with Crippen LogP contribution in [0.4, 0.5) is 0 Å². The lowest BCUT2D eigenvalue weighted by atomic mass is 10.0. The molecule has 1 aliphatic heterocycles. The van der Waals surface area contributed by atoms with E-state index in [1.807, 2.05) is 23.1 Å². The molecule has 66 valence electrons. The van der Waals surface area contributed by atoms with Crippen LogP contribution in [0.3, 0.4) is 0 Å². The monoisotopic (exact) mass is 165 g/mol. The highest BCUT2D eigenvalue weighted by Crippen LogP contribution is 2.17. The zero-order valence-electron chi connectivity index (χ0n) is 7.48. The Balaban J connectivity index is 1.88. The molecule has 1 aliphatic rings. The van der Waals surface area contributed by atoms with Gasteiger partial charge in [0.15, 0.2) is 0 Å². The number of likely N-dealkylation sites (N-methyl/N-ethyl adjacent to an activating group) is 1. The van der Waals surface area contributed by atoms with Crippen molar-refractivity contribution in [2.45, 2.75) is 25.9 Å². The second-order valence-corrected chi connectivity index (χ2v) is 3.30. The molecule has 1 aromatic rings. The molecule has 1 atom stereocenters. The first-order valence-electron chi connectivity index (χ1n) is 4.61. The lowest BCUT2D eigenvalue weighted by Gasteiger charge is -2.40. The first-order chi connectivity index (χ1) is 5.90. The van der Waals surface area contributed by atoms with Crippen molar-refractivity contribution in [1.29, 1.82) is 0 Å². The summed E-state index contributed by atoms with van der Waals surface area (Å²) in [6.07, 6.45) is 5.20. The van der Waals surface area contributed by atoms with E-state index in [9.17, 15) is 0 Å². The van der Waals surface area contributed by atoms with Gasteiger partial charge in [0.2, 0.25) is 0 Å². The number of hydrogen-bond acceptors (Lipinski definition) is 2. The van der Waals surface area contributed by atoms with Gasteiger partial charge in [0.1, 0.15) is 0 Å². The number of likely N-dealkylation sites (tertiary alicyclic amines) is 1. The van der Waals surface area contributed by atoms with Crippen LogP contribution in [-0.2, 0) is 6.54 Å². The molecule has 1 fully saturated rings. The van der Waals surface area contributed by atoms with Crippen LogP contribution >= 0.6 is 0 Å². The fourth-order valence-corrected chi connectivity index (χ4v) is 1.74. The average Bonchev–Trinajstić information content (AvgIpc) is 2.51. The summed E-state index contributed by atoms with van der Waals surface area (Å²) in [6.45, 7) is 5.71. The predicted molar refractivity (Wildman–Crippen MR) is 47.9 cm³/mol. The Labute approximate surface area is 73.0 Å². The summed E-state index contributed by atoms with van der Waals surface area (Å²) in [7, 11) is 0. The van der Waals surface area contributed by atoms with Crippen molar-refractivity contribution in [3.8, 4) is 0 Å². The predicted octanol–water partition coefficient (Wildman–Crippen LogP) is 0.977. The standard InChI is InChI=1S/C9H15N3/c1-2-11-7-4-9(11)8-12-6-3-5-10-12/h3,5-6,9H,2,4,7-8H2,1H3/t9-/m1/s1. The Bertz CT molecular complexity index is 228. The molecule has 0 radical (unpaired) electrons. The van der Waals surface area contributed by atoms with Gasteiger partial charge in [-0.1, -0.05) is 6.92 Å². The fourth-order valence-electron chi connectivity index (χ4n) is 1.74. The van der Waals surface area contributed by atoms with Gasteiger partial charge < -0.3 is 0 Å². The summed E-state index contributed by atoms with van der Waals surface area (Å²) >= 11 is 0. The SMILES string of the molecule is CCN1CC[C@@H]1Cn1cccn1. The van der Waals surface area contributed by atoms with Crippen molar-refractivity contribution in [3.63, 3.8) is 0 Å². The number of hydrogen-bond donors (Lipinski definition) is 0. The van der Waals surface area contributed by atoms with Gasteiger partial charge in [-0.2, -0.15) is 5.10 Å². The Morgan fingerprint density at radius 1 is 1.58 bits per heavy atom. The van der Waals surface area contributed by atoms with Crippen molar-refractivity contribution in [2.24, 2.45) is 0 Å². The van der Waals surface area contributed by atoms with Gasteiger partial charge in [0.25, 0.3) is 0 Å². The maximum Gasteiger partial charge on any atom is 0.0565 e. The smallest absolute Gasteiger partial charge is 0.0565 e. The Hall–Kier alpha value is -0.830. The largest absolute Gasteiger partial charge is 0.299 e. The fraction of sp³-hybridized carbons (Fsp3) is 0.667. The Kier molecular flexibility index (Phi) is 2.13. The summed E-state index contributed by atoms with van der Waals surface area (Å²) < 4.78 is 2.02. The van der Waals surface area contributed by atoms with Gasteiger partial charge in [-0.15, -0.1) is 0 Å². The molecule has 0 aromatic carbocycles. The Morgan fingerprint density at radius 2 is 2.50 bits per heavy atom. The van der Waals surface area contributed by atoms with Crippen molar-refractivity contribution in [2.75, 3.05) is 13.1 Å². The van der Waals surface area contributed by atoms with E-state index in [4.69, 9.17) is 0 Å². The van der Waals surface area contributed by atoms with Gasteiger partial charge in [-0.25, -0.2) is 0 Å². The van der Waals surface area contributed by atoms with Crippen LogP contribution in [0, 0.1) is 0 Å². The molecule has 2 heterocycles. The van der Waals surface area contributed by atoms with Crippen LogP contribution < -0.4 is 0 Å². The van der Waals surface area contributed by atoms with Gasteiger partial charge >= 0.3 is 0 Å². The third-order valence-corrected chi connectivity index (χ3v) is 2.63. The van der Waals surface area contributed by atoms with Crippen molar-refractivity contribution in [1.82, 2.24) is 14.7 Å². The van der Waals surface area contributed by atoms with Gasteiger partial charge in [0.05, 0.1) is 6.54 Å². The lowest BCUT2D eigenvalue weighted by molar-refractivity contribution is 0.0809. The van der Waals surface area contributed by atoms with Gasteiger partial charge in [-0.3, -0.25) is 9.58 Å². The highest BCUT2D eigenvalue weighted by atomic mass is 15.3. The first-order valence-corrected chi connectivity index (χ1v) is 4.61. The van der Waals surface area contributed by atoms with E-state index >= 15 is 0 Å². The van der Waals surface area contributed by atoms with E-state index in [0.717, 1.165) is 12.6 Å². The van der Waals surface area contributed by atoms with E-state index in [0.29, 0.717) is 0 Å². The summed E-state index contributed by atoms with van der Waals surface area (Å²) in [5, 5.41) is 4.20. The normalized spacial score (nSPS) is 23.9. The van der Waals surface area contributed by atoms with Gasteiger partial charge in [-0.05, 0) is 19.0 Å². The quantitative estimate of drug-likeness (QED) is 0.665. The number of nitrogens with zero attached hydrogens (tertiary/aromatic N) is 3. The molecule has 2 rings (SSSR count). The molecule has 0 bridgehead atoms. The van der Waals surface area contributed by atoms with E-state index in [2.05, 4.69) is 16.9 Å². The molecule has 1 saturated heterocycles. The molecular weight excluding hydrogens is 150 g/mol. The van der Waals surface area contributed by atoms with Crippen LogP contribution in [0.5, 0.6) is 0 Å². The molecule has 0 unspecified atom stereocenters. The molecular formula is C9H15N3. The second-order valence-electron chi connectivity index (χ2n) is 3.30. The average molecular weight is 165 g/mol. The molecule has 3 nitrogen and oxygen atoms in total. The molecule has 0 spiro atoms.